The Balaban J connectivity index is 1.60. The number of nitrogens with one attached hydrogen (secondary N) is 2. The van der Waals surface area contributed by atoms with E-state index in [1.807, 2.05) is 25.1 Å². The van der Waals surface area contributed by atoms with E-state index in [0.717, 1.165) is 5.52 Å². The minimum absolute atomic E-state index is 0.0967. The molecule has 3 rings (SSSR count). The van der Waals surface area contributed by atoms with Gasteiger partial charge in [0.2, 0.25) is 11.8 Å². The molecule has 3 heterocycles. The Hall–Kier alpha value is -3.49. The summed E-state index contributed by atoms with van der Waals surface area (Å²) in [7, 11) is 1.52. The van der Waals surface area contributed by atoms with Crippen molar-refractivity contribution in [3.8, 4) is 5.88 Å². The maximum absolute atomic E-state index is 12.3. The van der Waals surface area contributed by atoms with Gasteiger partial charge in [0.15, 0.2) is 11.5 Å². The second kappa shape index (κ2) is 7.60. The zero-order valence-corrected chi connectivity index (χ0v) is 14.4. The van der Waals surface area contributed by atoms with Crippen molar-refractivity contribution in [1.29, 1.82) is 0 Å². The minimum atomic E-state index is -0.280. The molecule has 9 heteroatoms. The summed E-state index contributed by atoms with van der Waals surface area (Å²) in [5, 5.41) is 2.89. The number of carbonyl (C=O) groups is 1. The van der Waals surface area contributed by atoms with E-state index < -0.39 is 0 Å². The Labute approximate surface area is 149 Å². The molecule has 0 radical (unpaired) electrons. The molecule has 0 saturated carbocycles. The SMILES string of the molecule is COc1nc(N)ncc1/C=C\C[C@H](C)NC(=O)c1nc2ncccc2[nH]1. The van der Waals surface area contributed by atoms with Crippen molar-refractivity contribution in [2.24, 2.45) is 0 Å². The van der Waals surface area contributed by atoms with Crippen LogP contribution in [0.3, 0.4) is 0 Å². The molecular formula is C17H19N7O2. The summed E-state index contributed by atoms with van der Waals surface area (Å²) in [4.78, 5) is 31.5. The van der Waals surface area contributed by atoms with Crippen LogP contribution in [0, 0.1) is 0 Å². The Kier molecular flexibility index (Phi) is 5.07. The summed E-state index contributed by atoms with van der Waals surface area (Å²) in [6.07, 6.45) is 7.56. The van der Waals surface area contributed by atoms with Gasteiger partial charge in [-0.25, -0.2) is 15.0 Å². The molecular weight excluding hydrogens is 334 g/mol. The number of nitrogen functional groups attached to an aromatic ring is 1. The molecule has 0 aliphatic rings. The molecule has 3 aromatic rings. The van der Waals surface area contributed by atoms with Crippen LogP contribution in [0.5, 0.6) is 5.88 Å². The molecule has 1 atom stereocenters. The number of ether oxygens (including phenoxy) is 1. The summed E-state index contributed by atoms with van der Waals surface area (Å²) in [6.45, 7) is 1.90. The van der Waals surface area contributed by atoms with Gasteiger partial charge in [0, 0.05) is 18.4 Å². The molecule has 0 saturated heterocycles. The molecule has 0 aromatic carbocycles. The van der Waals surface area contributed by atoms with Crippen molar-refractivity contribution >= 4 is 29.1 Å². The molecule has 0 bridgehead atoms. The number of carbonyl (C=O) groups excluding carboxylic acids is 1. The molecule has 0 spiro atoms. The van der Waals surface area contributed by atoms with E-state index >= 15 is 0 Å². The van der Waals surface area contributed by atoms with Gasteiger partial charge in [0.25, 0.3) is 5.91 Å². The van der Waals surface area contributed by atoms with Gasteiger partial charge < -0.3 is 20.8 Å². The van der Waals surface area contributed by atoms with E-state index in [-0.39, 0.29) is 23.7 Å². The number of aromatic amines is 1. The molecule has 9 nitrogen and oxygen atoms in total. The first kappa shape index (κ1) is 17.3. The fourth-order valence-corrected chi connectivity index (χ4v) is 2.37. The van der Waals surface area contributed by atoms with Crippen molar-refractivity contribution in [3.63, 3.8) is 0 Å². The molecule has 26 heavy (non-hydrogen) atoms. The van der Waals surface area contributed by atoms with E-state index in [2.05, 4.69) is 30.2 Å². The normalized spacial score (nSPS) is 12.4. The van der Waals surface area contributed by atoms with Gasteiger partial charge in [-0.15, -0.1) is 0 Å². The molecule has 1 amide bonds. The Morgan fingerprint density at radius 3 is 3.04 bits per heavy atom. The summed E-state index contributed by atoms with van der Waals surface area (Å²) < 4.78 is 5.16. The predicted molar refractivity (Wildman–Crippen MR) is 97.5 cm³/mol. The minimum Gasteiger partial charge on any atom is -0.480 e. The average molecular weight is 353 g/mol. The number of hydrogen-bond donors (Lipinski definition) is 3. The maximum Gasteiger partial charge on any atom is 0.287 e. The Bertz CT molecular complexity index is 918. The molecule has 0 fully saturated rings. The second-order valence-electron chi connectivity index (χ2n) is 5.67. The van der Waals surface area contributed by atoms with E-state index in [9.17, 15) is 4.79 Å². The van der Waals surface area contributed by atoms with E-state index in [1.54, 1.807) is 18.5 Å². The summed E-state index contributed by atoms with van der Waals surface area (Å²) in [5.74, 6) is 0.514. The molecule has 0 aliphatic carbocycles. The van der Waals surface area contributed by atoms with Crippen molar-refractivity contribution in [2.75, 3.05) is 12.8 Å². The number of imidazole rings is 1. The lowest BCUT2D eigenvalue weighted by atomic mass is 10.2. The van der Waals surface area contributed by atoms with Crippen LogP contribution in [-0.2, 0) is 0 Å². The van der Waals surface area contributed by atoms with Crippen LogP contribution in [0.2, 0.25) is 0 Å². The first-order valence-corrected chi connectivity index (χ1v) is 8.01. The van der Waals surface area contributed by atoms with E-state index in [0.29, 0.717) is 23.5 Å². The first-order valence-electron chi connectivity index (χ1n) is 8.01. The monoisotopic (exact) mass is 353 g/mol. The fraction of sp³-hybridized carbons (Fsp3) is 0.235. The van der Waals surface area contributed by atoms with Gasteiger partial charge in [-0.2, -0.15) is 4.98 Å². The predicted octanol–water partition coefficient (Wildman–Crippen LogP) is 1.56. The third-order valence-corrected chi connectivity index (χ3v) is 3.63. The van der Waals surface area contributed by atoms with Gasteiger partial charge in [-0.05, 0) is 25.5 Å². The van der Waals surface area contributed by atoms with Crippen LogP contribution in [0.4, 0.5) is 5.95 Å². The molecule has 0 aliphatic heterocycles. The third kappa shape index (κ3) is 3.94. The quantitative estimate of drug-likeness (QED) is 0.612. The lowest BCUT2D eigenvalue weighted by Crippen LogP contribution is -2.32. The Morgan fingerprint density at radius 1 is 1.42 bits per heavy atom. The maximum atomic E-state index is 12.3. The third-order valence-electron chi connectivity index (χ3n) is 3.63. The number of pyridine rings is 1. The number of H-pyrrole nitrogens is 1. The van der Waals surface area contributed by atoms with E-state index in [1.165, 1.54) is 7.11 Å². The number of nitrogens with two attached hydrogens (primary N) is 1. The summed E-state index contributed by atoms with van der Waals surface area (Å²) in [5.41, 5.74) is 7.48. The zero-order valence-electron chi connectivity index (χ0n) is 14.4. The highest BCUT2D eigenvalue weighted by Gasteiger charge is 2.13. The van der Waals surface area contributed by atoms with Crippen LogP contribution < -0.4 is 15.8 Å². The van der Waals surface area contributed by atoms with Gasteiger partial charge in [-0.3, -0.25) is 4.79 Å². The number of amides is 1. The standard InChI is InChI=1S/C17H19N7O2/c1-10(5-3-6-11-9-20-17(18)24-16(11)26-2)21-15(25)14-22-12-7-4-8-19-13(12)23-14/h3-4,6-10H,5H2,1-2H3,(H,21,25)(H2,18,20,24)(H,19,22,23)/b6-3-/t10-/m0/s1. The van der Waals surface area contributed by atoms with Crippen LogP contribution in [0.25, 0.3) is 17.2 Å². The molecule has 134 valence electrons. The van der Waals surface area contributed by atoms with Crippen LogP contribution in [-0.4, -0.2) is 44.0 Å². The number of methoxy groups -OCH3 is 1. The van der Waals surface area contributed by atoms with Crippen molar-refractivity contribution in [3.05, 3.63) is 42.0 Å². The summed E-state index contributed by atoms with van der Waals surface area (Å²) in [6, 6.07) is 3.51. The topological polar surface area (TPSA) is 132 Å². The van der Waals surface area contributed by atoms with Crippen LogP contribution in [0.1, 0.15) is 29.5 Å². The molecule has 3 aromatic heterocycles. The van der Waals surface area contributed by atoms with Gasteiger partial charge in [-0.1, -0.05) is 12.2 Å². The van der Waals surface area contributed by atoms with Crippen molar-refractivity contribution in [2.45, 2.75) is 19.4 Å². The fourth-order valence-electron chi connectivity index (χ4n) is 2.37. The largest absolute Gasteiger partial charge is 0.480 e. The molecule has 4 N–H and O–H groups in total. The Morgan fingerprint density at radius 2 is 2.27 bits per heavy atom. The molecule has 0 unspecified atom stereocenters. The van der Waals surface area contributed by atoms with Crippen molar-refractivity contribution < 1.29 is 9.53 Å². The van der Waals surface area contributed by atoms with Gasteiger partial charge >= 0.3 is 0 Å². The van der Waals surface area contributed by atoms with Gasteiger partial charge in [0.05, 0.1) is 18.2 Å². The van der Waals surface area contributed by atoms with Crippen molar-refractivity contribution in [1.82, 2.24) is 30.2 Å². The summed E-state index contributed by atoms with van der Waals surface area (Å²) >= 11 is 0. The van der Waals surface area contributed by atoms with Crippen LogP contribution in [0.15, 0.2) is 30.6 Å². The number of nitrogens with zero attached hydrogens (tertiary/aromatic N) is 4. The van der Waals surface area contributed by atoms with Gasteiger partial charge in [0.1, 0.15) is 0 Å². The van der Waals surface area contributed by atoms with E-state index in [4.69, 9.17) is 10.5 Å². The zero-order chi connectivity index (χ0) is 18.5. The second-order valence-corrected chi connectivity index (χ2v) is 5.67. The number of rotatable bonds is 6. The highest BCUT2D eigenvalue weighted by Crippen LogP contribution is 2.17. The number of fused-ring (bicyclic) bond motifs is 1. The number of aromatic nitrogens is 5. The average Bonchev–Trinajstić information content (AvgIpc) is 3.07. The van der Waals surface area contributed by atoms with Crippen LogP contribution >= 0.6 is 0 Å². The first-order chi connectivity index (χ1) is 12.6. The lowest BCUT2D eigenvalue weighted by Gasteiger charge is -2.10. The highest BCUT2D eigenvalue weighted by atomic mass is 16.5. The number of hydrogen-bond acceptors (Lipinski definition) is 7. The lowest BCUT2D eigenvalue weighted by molar-refractivity contribution is 0.0931. The highest BCUT2D eigenvalue weighted by molar-refractivity contribution is 5.93. The smallest absolute Gasteiger partial charge is 0.287 e. The number of anilines is 1.